The lowest BCUT2D eigenvalue weighted by atomic mass is 9.97. The predicted octanol–water partition coefficient (Wildman–Crippen LogP) is 3.40. The zero-order chi connectivity index (χ0) is 27.2. The third-order valence-electron chi connectivity index (χ3n) is 7.35. The van der Waals surface area contributed by atoms with E-state index >= 15 is 0 Å². The fourth-order valence-corrected chi connectivity index (χ4v) is 5.28. The molecule has 10 heteroatoms. The molecule has 0 bridgehead atoms. The van der Waals surface area contributed by atoms with Crippen LogP contribution in [0.5, 0.6) is 11.5 Å². The Balaban J connectivity index is 1.13. The topological polar surface area (TPSA) is 110 Å². The normalized spacial score (nSPS) is 17.8. The standard InChI is InChI=1S/C29H35N5O5/c1-37-24-11-10-22(15-25(24)38-2)28-31-26(39-32-28)19-33-12-4-8-23(18-33)29(36)30-16-20-6-3-7-21(14-20)17-34-13-5-9-27(34)35/h3,6-7,10-11,14-15,23H,4-5,8-9,12-13,16-19H2,1-2H3,(H,30,36). The van der Waals surface area contributed by atoms with Crippen molar-refractivity contribution in [2.75, 3.05) is 33.9 Å². The van der Waals surface area contributed by atoms with Gasteiger partial charge in [0.2, 0.25) is 23.5 Å². The first-order valence-electron chi connectivity index (χ1n) is 13.4. The van der Waals surface area contributed by atoms with Crippen LogP contribution >= 0.6 is 0 Å². The van der Waals surface area contributed by atoms with Crippen LogP contribution in [0.2, 0.25) is 0 Å². The van der Waals surface area contributed by atoms with E-state index in [1.165, 1.54) is 0 Å². The number of likely N-dealkylation sites (tertiary alicyclic amines) is 2. The van der Waals surface area contributed by atoms with Crippen molar-refractivity contribution in [3.63, 3.8) is 0 Å². The van der Waals surface area contributed by atoms with E-state index < -0.39 is 0 Å². The Hall–Kier alpha value is -3.92. The van der Waals surface area contributed by atoms with Crippen LogP contribution in [0.25, 0.3) is 11.4 Å². The summed E-state index contributed by atoms with van der Waals surface area (Å²) in [6, 6.07) is 13.6. The Labute approximate surface area is 228 Å². The SMILES string of the molecule is COc1ccc(-c2noc(CN3CCCC(C(=O)NCc4cccc(CN5CCCC5=O)c4)C3)n2)cc1OC. The van der Waals surface area contributed by atoms with Crippen molar-refractivity contribution in [1.29, 1.82) is 0 Å². The van der Waals surface area contributed by atoms with E-state index in [1.54, 1.807) is 14.2 Å². The van der Waals surface area contributed by atoms with Gasteiger partial charge < -0.3 is 24.2 Å². The zero-order valence-electron chi connectivity index (χ0n) is 22.5. The first-order valence-corrected chi connectivity index (χ1v) is 13.4. The lowest BCUT2D eigenvalue weighted by molar-refractivity contribution is -0.128. The van der Waals surface area contributed by atoms with Crippen molar-refractivity contribution in [1.82, 2.24) is 25.3 Å². The number of hydrogen-bond donors (Lipinski definition) is 1. The van der Waals surface area contributed by atoms with Crippen molar-refractivity contribution < 1.29 is 23.6 Å². The van der Waals surface area contributed by atoms with E-state index in [0.29, 0.717) is 55.8 Å². The number of benzene rings is 2. The minimum Gasteiger partial charge on any atom is -0.493 e. The van der Waals surface area contributed by atoms with Gasteiger partial charge in [-0.15, -0.1) is 0 Å². The molecule has 2 aliphatic rings. The van der Waals surface area contributed by atoms with E-state index in [1.807, 2.05) is 41.3 Å². The lowest BCUT2D eigenvalue weighted by Crippen LogP contribution is -2.42. The van der Waals surface area contributed by atoms with Gasteiger partial charge >= 0.3 is 0 Å². The van der Waals surface area contributed by atoms with Crippen LogP contribution in [0.1, 0.15) is 42.7 Å². The van der Waals surface area contributed by atoms with Crippen LogP contribution in [0.15, 0.2) is 47.0 Å². The average Bonchev–Trinajstić information content (AvgIpc) is 3.60. The average molecular weight is 534 g/mol. The molecule has 206 valence electrons. The molecule has 1 N–H and O–H groups in total. The molecule has 2 saturated heterocycles. The quantitative estimate of drug-likeness (QED) is 0.422. The number of aromatic nitrogens is 2. The molecule has 2 aliphatic heterocycles. The molecule has 2 amide bonds. The Morgan fingerprint density at radius 1 is 1.05 bits per heavy atom. The van der Waals surface area contributed by atoms with Crippen LogP contribution < -0.4 is 14.8 Å². The Morgan fingerprint density at radius 3 is 2.69 bits per heavy atom. The van der Waals surface area contributed by atoms with Crippen molar-refractivity contribution in [2.45, 2.75) is 45.3 Å². The first-order chi connectivity index (χ1) is 19.0. The fraction of sp³-hybridized carbons (Fsp3) is 0.448. The summed E-state index contributed by atoms with van der Waals surface area (Å²) in [6.45, 7) is 3.91. The molecule has 3 aromatic rings. The minimum absolute atomic E-state index is 0.0522. The number of piperidine rings is 1. The maximum Gasteiger partial charge on any atom is 0.241 e. The Morgan fingerprint density at radius 2 is 1.90 bits per heavy atom. The zero-order valence-corrected chi connectivity index (χ0v) is 22.5. The van der Waals surface area contributed by atoms with Gasteiger partial charge in [-0.1, -0.05) is 29.4 Å². The van der Waals surface area contributed by atoms with E-state index in [9.17, 15) is 9.59 Å². The first kappa shape index (κ1) is 26.7. The number of hydrogen-bond acceptors (Lipinski definition) is 8. The summed E-state index contributed by atoms with van der Waals surface area (Å²) in [5, 5.41) is 7.24. The molecular weight excluding hydrogens is 498 g/mol. The van der Waals surface area contributed by atoms with E-state index in [4.69, 9.17) is 14.0 Å². The van der Waals surface area contributed by atoms with Crippen LogP contribution in [0.3, 0.4) is 0 Å². The summed E-state index contributed by atoms with van der Waals surface area (Å²) in [6.07, 6.45) is 3.34. The molecule has 0 spiro atoms. The van der Waals surface area contributed by atoms with Crippen molar-refractivity contribution in [2.24, 2.45) is 5.92 Å². The number of carbonyl (C=O) groups is 2. The number of amides is 2. The van der Waals surface area contributed by atoms with Crippen LogP contribution in [0.4, 0.5) is 0 Å². The second kappa shape index (κ2) is 12.3. The largest absolute Gasteiger partial charge is 0.493 e. The smallest absolute Gasteiger partial charge is 0.241 e. The molecule has 0 saturated carbocycles. The van der Waals surface area contributed by atoms with Gasteiger partial charge in [-0.05, 0) is 55.1 Å². The highest BCUT2D eigenvalue weighted by atomic mass is 16.5. The van der Waals surface area contributed by atoms with Crippen molar-refractivity contribution in [3.8, 4) is 22.9 Å². The molecule has 2 aromatic carbocycles. The minimum atomic E-state index is -0.0996. The maximum absolute atomic E-state index is 13.0. The van der Waals surface area contributed by atoms with Gasteiger partial charge in [0.1, 0.15) is 0 Å². The molecule has 2 fully saturated rings. The Kier molecular flexibility index (Phi) is 8.41. The van der Waals surface area contributed by atoms with Crippen LogP contribution in [0, 0.1) is 5.92 Å². The third-order valence-corrected chi connectivity index (χ3v) is 7.35. The highest BCUT2D eigenvalue weighted by molar-refractivity contribution is 5.79. The predicted molar refractivity (Wildman–Crippen MR) is 144 cm³/mol. The lowest BCUT2D eigenvalue weighted by Gasteiger charge is -2.30. The monoisotopic (exact) mass is 533 g/mol. The van der Waals surface area contributed by atoms with Crippen LogP contribution in [-0.4, -0.2) is 65.6 Å². The number of ether oxygens (including phenoxy) is 2. The molecule has 1 aromatic heterocycles. The summed E-state index contributed by atoms with van der Waals surface area (Å²) in [5.74, 6) is 2.39. The number of nitrogens with one attached hydrogen (secondary N) is 1. The number of rotatable bonds is 10. The molecule has 1 unspecified atom stereocenters. The molecule has 1 atom stereocenters. The number of methoxy groups -OCH3 is 2. The van der Waals surface area contributed by atoms with Gasteiger partial charge in [0.05, 0.1) is 26.7 Å². The van der Waals surface area contributed by atoms with Gasteiger partial charge in [-0.3, -0.25) is 14.5 Å². The van der Waals surface area contributed by atoms with E-state index in [-0.39, 0.29) is 17.7 Å². The van der Waals surface area contributed by atoms with Gasteiger partial charge in [0.25, 0.3) is 0 Å². The van der Waals surface area contributed by atoms with Crippen molar-refractivity contribution >= 4 is 11.8 Å². The molecule has 0 radical (unpaired) electrons. The van der Waals surface area contributed by atoms with Crippen molar-refractivity contribution in [3.05, 3.63) is 59.5 Å². The summed E-state index contributed by atoms with van der Waals surface area (Å²) in [4.78, 5) is 33.6. The summed E-state index contributed by atoms with van der Waals surface area (Å²) < 4.78 is 16.2. The number of carbonyl (C=O) groups excluding carboxylic acids is 2. The van der Waals surface area contributed by atoms with Gasteiger partial charge in [0.15, 0.2) is 11.5 Å². The maximum atomic E-state index is 13.0. The van der Waals surface area contributed by atoms with E-state index in [0.717, 1.165) is 49.0 Å². The highest BCUT2D eigenvalue weighted by Gasteiger charge is 2.27. The van der Waals surface area contributed by atoms with Gasteiger partial charge in [0, 0.05) is 38.2 Å². The highest BCUT2D eigenvalue weighted by Crippen LogP contribution is 2.31. The molecule has 39 heavy (non-hydrogen) atoms. The fourth-order valence-electron chi connectivity index (χ4n) is 5.28. The molecule has 10 nitrogen and oxygen atoms in total. The summed E-state index contributed by atoms with van der Waals surface area (Å²) >= 11 is 0. The Bertz CT molecular complexity index is 1310. The molecule has 3 heterocycles. The van der Waals surface area contributed by atoms with Gasteiger partial charge in [-0.2, -0.15) is 4.98 Å². The van der Waals surface area contributed by atoms with Crippen LogP contribution in [-0.2, 0) is 29.2 Å². The van der Waals surface area contributed by atoms with E-state index in [2.05, 4.69) is 26.4 Å². The number of nitrogens with zero attached hydrogens (tertiary/aromatic N) is 4. The molecule has 0 aliphatic carbocycles. The van der Waals surface area contributed by atoms with Gasteiger partial charge in [-0.25, -0.2) is 0 Å². The molecular formula is C29H35N5O5. The second-order valence-electron chi connectivity index (χ2n) is 10.1. The summed E-state index contributed by atoms with van der Waals surface area (Å²) in [7, 11) is 3.18. The second-order valence-corrected chi connectivity index (χ2v) is 10.1. The summed E-state index contributed by atoms with van der Waals surface area (Å²) in [5.41, 5.74) is 2.90. The molecule has 5 rings (SSSR count). The third kappa shape index (κ3) is 6.57.